The molecular formula is C18H18ClN7O2S. The predicted octanol–water partition coefficient (Wildman–Crippen LogP) is 2.57. The summed E-state index contributed by atoms with van der Waals surface area (Å²) in [6, 6.07) is 7.26. The Labute approximate surface area is 175 Å². The summed E-state index contributed by atoms with van der Waals surface area (Å²) in [6.07, 6.45) is 1.14. The summed E-state index contributed by atoms with van der Waals surface area (Å²) < 4.78 is 1.57. The molecule has 4 rings (SSSR count). The van der Waals surface area contributed by atoms with Crippen molar-refractivity contribution >= 4 is 39.9 Å². The van der Waals surface area contributed by atoms with Crippen molar-refractivity contribution in [2.75, 3.05) is 18.4 Å². The van der Waals surface area contributed by atoms with E-state index < -0.39 is 0 Å². The van der Waals surface area contributed by atoms with Crippen LogP contribution in [0.4, 0.5) is 5.13 Å². The molecule has 0 atom stereocenters. The van der Waals surface area contributed by atoms with Gasteiger partial charge in [-0.2, -0.15) is 0 Å². The van der Waals surface area contributed by atoms with E-state index in [2.05, 4.69) is 25.6 Å². The normalized spacial score (nSPS) is 14.8. The molecule has 9 nitrogen and oxygen atoms in total. The number of halogens is 1. The van der Waals surface area contributed by atoms with Crippen molar-refractivity contribution in [1.82, 2.24) is 29.9 Å². The first kappa shape index (κ1) is 19.5. The van der Waals surface area contributed by atoms with Gasteiger partial charge in [-0.25, -0.2) is 9.67 Å². The molecule has 3 aromatic rings. The highest BCUT2D eigenvalue weighted by Gasteiger charge is 2.30. The molecule has 2 aromatic heterocycles. The zero-order chi connectivity index (χ0) is 20.4. The number of rotatable bonds is 4. The minimum absolute atomic E-state index is 0.0918. The van der Waals surface area contributed by atoms with E-state index in [9.17, 15) is 9.59 Å². The fraction of sp³-hybridized carbons (Fsp3) is 0.333. The van der Waals surface area contributed by atoms with Crippen LogP contribution in [0.2, 0.25) is 5.02 Å². The molecule has 29 heavy (non-hydrogen) atoms. The lowest BCUT2D eigenvalue weighted by molar-refractivity contribution is -0.121. The van der Waals surface area contributed by atoms with E-state index in [4.69, 9.17) is 11.6 Å². The van der Waals surface area contributed by atoms with Crippen LogP contribution < -0.4 is 5.32 Å². The molecule has 0 radical (unpaired) electrons. The van der Waals surface area contributed by atoms with Crippen molar-refractivity contribution in [2.24, 2.45) is 5.92 Å². The lowest BCUT2D eigenvalue weighted by Crippen LogP contribution is -2.41. The number of nitrogens with zero attached hydrogens (tertiary/aromatic N) is 6. The molecule has 1 aliphatic heterocycles. The van der Waals surface area contributed by atoms with Crippen LogP contribution in [0, 0.1) is 12.8 Å². The van der Waals surface area contributed by atoms with Gasteiger partial charge in [0.15, 0.2) is 0 Å². The van der Waals surface area contributed by atoms with Crippen LogP contribution in [0.25, 0.3) is 5.69 Å². The fourth-order valence-electron chi connectivity index (χ4n) is 3.25. The highest BCUT2D eigenvalue weighted by molar-refractivity contribution is 7.13. The smallest absolute Gasteiger partial charge is 0.293 e. The van der Waals surface area contributed by atoms with Crippen molar-refractivity contribution in [1.29, 1.82) is 0 Å². The molecular weight excluding hydrogens is 414 g/mol. The maximum absolute atomic E-state index is 12.9. The number of carbonyl (C=O) groups is 2. The van der Waals surface area contributed by atoms with Crippen molar-refractivity contribution in [2.45, 2.75) is 19.8 Å². The van der Waals surface area contributed by atoms with Crippen LogP contribution in [0.3, 0.4) is 0 Å². The number of piperidine rings is 1. The zero-order valence-electron chi connectivity index (χ0n) is 15.6. The fourth-order valence-corrected chi connectivity index (χ4v) is 3.92. The first-order valence-electron chi connectivity index (χ1n) is 9.08. The van der Waals surface area contributed by atoms with E-state index in [1.807, 2.05) is 18.2 Å². The second-order valence-corrected chi connectivity index (χ2v) is 7.89. The molecule has 1 N–H and O–H groups in total. The van der Waals surface area contributed by atoms with Crippen molar-refractivity contribution in [3.05, 3.63) is 46.4 Å². The largest absolute Gasteiger partial charge is 0.336 e. The molecule has 0 spiro atoms. The van der Waals surface area contributed by atoms with Crippen molar-refractivity contribution < 1.29 is 9.59 Å². The third-order valence-electron chi connectivity index (χ3n) is 4.78. The number of anilines is 1. The van der Waals surface area contributed by atoms with Gasteiger partial charge in [0.1, 0.15) is 11.3 Å². The van der Waals surface area contributed by atoms with Crippen molar-refractivity contribution in [3.63, 3.8) is 0 Å². The number of aryl methyl sites for hydroxylation is 1. The summed E-state index contributed by atoms with van der Waals surface area (Å²) in [5.41, 5.74) is 2.23. The highest BCUT2D eigenvalue weighted by Crippen LogP contribution is 2.23. The summed E-state index contributed by atoms with van der Waals surface area (Å²) in [6.45, 7) is 2.70. The second kappa shape index (κ2) is 8.26. The molecule has 0 bridgehead atoms. The topological polar surface area (TPSA) is 106 Å². The van der Waals surface area contributed by atoms with E-state index in [0.717, 1.165) is 0 Å². The maximum atomic E-state index is 12.9. The van der Waals surface area contributed by atoms with Gasteiger partial charge in [-0.1, -0.05) is 35.1 Å². The molecule has 150 valence electrons. The zero-order valence-corrected chi connectivity index (χ0v) is 17.2. The van der Waals surface area contributed by atoms with Crippen LogP contribution in [0.1, 0.15) is 29.3 Å². The number of nitrogens with one attached hydrogen (secondary N) is 1. The number of carbonyl (C=O) groups excluding carboxylic acids is 2. The van der Waals surface area contributed by atoms with Gasteiger partial charge < -0.3 is 10.2 Å². The van der Waals surface area contributed by atoms with E-state index in [1.165, 1.54) is 11.3 Å². The minimum atomic E-state index is -0.248. The predicted molar refractivity (Wildman–Crippen MR) is 108 cm³/mol. The molecule has 1 saturated heterocycles. The van der Waals surface area contributed by atoms with Crippen LogP contribution in [0.5, 0.6) is 0 Å². The van der Waals surface area contributed by atoms with Crippen LogP contribution in [-0.4, -0.2) is 54.8 Å². The third kappa shape index (κ3) is 4.13. The van der Waals surface area contributed by atoms with Crippen LogP contribution in [0.15, 0.2) is 29.8 Å². The standard InChI is InChI=1S/C18H18ClN7O2S/c1-11-21-15(24-26(11)14-5-3-2-4-13(14)19)17(28)25-8-6-12(7-9-25)16(27)22-18-23-20-10-29-18/h2-5,10,12H,6-9H2,1H3,(H,22,23,27). The van der Waals surface area contributed by atoms with Crippen LogP contribution in [-0.2, 0) is 4.79 Å². The first-order valence-corrected chi connectivity index (χ1v) is 10.3. The van der Waals surface area contributed by atoms with Gasteiger partial charge in [0.25, 0.3) is 5.91 Å². The Morgan fingerprint density at radius 1 is 1.24 bits per heavy atom. The number of benzene rings is 1. The number of para-hydroxylation sites is 1. The Balaban J connectivity index is 1.41. The van der Waals surface area contributed by atoms with Gasteiger partial charge in [0.05, 0.1) is 10.7 Å². The van der Waals surface area contributed by atoms with Gasteiger partial charge >= 0.3 is 0 Å². The summed E-state index contributed by atoms with van der Waals surface area (Å²) in [5, 5.41) is 15.7. The minimum Gasteiger partial charge on any atom is -0.336 e. The molecule has 0 aliphatic carbocycles. The molecule has 11 heteroatoms. The Morgan fingerprint density at radius 2 is 2.00 bits per heavy atom. The van der Waals surface area contributed by atoms with E-state index in [0.29, 0.717) is 47.6 Å². The van der Waals surface area contributed by atoms with E-state index in [1.54, 1.807) is 28.1 Å². The molecule has 3 heterocycles. The summed E-state index contributed by atoms with van der Waals surface area (Å²) in [7, 11) is 0. The summed E-state index contributed by atoms with van der Waals surface area (Å²) in [4.78, 5) is 31.2. The van der Waals surface area contributed by atoms with Gasteiger partial charge in [-0.3, -0.25) is 9.59 Å². The van der Waals surface area contributed by atoms with Gasteiger partial charge in [0.2, 0.25) is 16.9 Å². The Bertz CT molecular complexity index is 1030. The quantitative estimate of drug-likeness (QED) is 0.680. The highest BCUT2D eigenvalue weighted by atomic mass is 35.5. The second-order valence-electron chi connectivity index (χ2n) is 6.65. The molecule has 1 fully saturated rings. The molecule has 0 unspecified atom stereocenters. The molecule has 1 aliphatic rings. The molecule has 1 aromatic carbocycles. The van der Waals surface area contributed by atoms with Crippen molar-refractivity contribution in [3.8, 4) is 5.69 Å². The Kier molecular flexibility index (Phi) is 5.54. The monoisotopic (exact) mass is 431 g/mol. The number of amides is 2. The molecule has 0 saturated carbocycles. The van der Waals surface area contributed by atoms with Gasteiger partial charge in [-0.15, -0.1) is 15.3 Å². The van der Waals surface area contributed by atoms with Gasteiger partial charge in [0, 0.05) is 19.0 Å². The lowest BCUT2D eigenvalue weighted by atomic mass is 9.96. The molecule has 2 amide bonds. The lowest BCUT2D eigenvalue weighted by Gasteiger charge is -2.30. The third-order valence-corrected chi connectivity index (χ3v) is 5.71. The first-order chi connectivity index (χ1) is 14.0. The summed E-state index contributed by atoms with van der Waals surface area (Å²) in [5.74, 6) is 0.193. The van der Waals surface area contributed by atoms with Gasteiger partial charge in [-0.05, 0) is 31.9 Å². The average Bonchev–Trinajstić information content (AvgIpc) is 3.37. The SMILES string of the molecule is Cc1nc(C(=O)N2CCC(C(=O)Nc3nncs3)CC2)nn1-c1ccccc1Cl. The Hall–Kier alpha value is -2.85. The number of hydrogen-bond acceptors (Lipinski definition) is 7. The van der Waals surface area contributed by atoms with Crippen LogP contribution >= 0.6 is 22.9 Å². The number of hydrogen-bond donors (Lipinski definition) is 1. The average molecular weight is 432 g/mol. The maximum Gasteiger partial charge on any atom is 0.293 e. The summed E-state index contributed by atoms with van der Waals surface area (Å²) >= 11 is 7.51. The van der Waals surface area contributed by atoms with E-state index >= 15 is 0 Å². The van der Waals surface area contributed by atoms with E-state index in [-0.39, 0.29) is 23.6 Å². The Morgan fingerprint density at radius 3 is 2.69 bits per heavy atom. The number of aromatic nitrogens is 5. The number of likely N-dealkylation sites (tertiary alicyclic amines) is 1.